The van der Waals surface area contributed by atoms with E-state index in [-0.39, 0.29) is 17.3 Å². The number of hydrogen-bond donors (Lipinski definition) is 2. The van der Waals surface area contributed by atoms with Crippen molar-refractivity contribution in [2.45, 2.75) is 33.2 Å². The summed E-state index contributed by atoms with van der Waals surface area (Å²) in [6.45, 7) is 6.52. The molecule has 1 aromatic rings. The molecule has 1 unspecified atom stereocenters. The summed E-state index contributed by atoms with van der Waals surface area (Å²) < 4.78 is 13.1. The third kappa shape index (κ3) is 3.29. The summed E-state index contributed by atoms with van der Waals surface area (Å²) in [5.41, 5.74) is 13.4. The molecular weight excluding hydrogens is 203 g/mol. The maximum atomic E-state index is 13.1. The topological polar surface area (TPSA) is 52.0 Å². The first-order chi connectivity index (χ1) is 7.35. The standard InChI is InChI=1S/C13H21FN2/c1-9-6-10(4-5-11(9)14)12(16)7-13(2,3)8-15/h4-6,12H,7-8,15-16H2,1-3H3. The number of benzene rings is 1. The number of nitrogens with two attached hydrogens (primary N) is 2. The molecule has 4 N–H and O–H groups in total. The van der Waals surface area contributed by atoms with Gasteiger partial charge in [-0.1, -0.05) is 26.0 Å². The predicted octanol–water partition coefficient (Wildman–Crippen LogP) is 2.51. The molecule has 3 heteroatoms. The van der Waals surface area contributed by atoms with E-state index < -0.39 is 0 Å². The third-order valence-corrected chi connectivity index (χ3v) is 2.94. The molecule has 1 rings (SSSR count). The average molecular weight is 224 g/mol. The normalized spacial score (nSPS) is 13.9. The van der Waals surface area contributed by atoms with Crippen LogP contribution in [0.15, 0.2) is 18.2 Å². The molecule has 0 saturated heterocycles. The second kappa shape index (κ2) is 4.93. The van der Waals surface area contributed by atoms with Gasteiger partial charge in [-0.05, 0) is 42.5 Å². The van der Waals surface area contributed by atoms with Crippen molar-refractivity contribution in [2.24, 2.45) is 16.9 Å². The Morgan fingerprint density at radius 3 is 2.50 bits per heavy atom. The van der Waals surface area contributed by atoms with Crippen LogP contribution in [0.3, 0.4) is 0 Å². The Hall–Kier alpha value is -0.930. The van der Waals surface area contributed by atoms with Crippen molar-refractivity contribution < 1.29 is 4.39 Å². The highest BCUT2D eigenvalue weighted by atomic mass is 19.1. The van der Waals surface area contributed by atoms with Gasteiger partial charge in [0, 0.05) is 6.04 Å². The van der Waals surface area contributed by atoms with Gasteiger partial charge in [-0.2, -0.15) is 0 Å². The molecule has 0 spiro atoms. The van der Waals surface area contributed by atoms with Crippen LogP contribution >= 0.6 is 0 Å². The molecule has 0 amide bonds. The van der Waals surface area contributed by atoms with E-state index in [1.54, 1.807) is 13.0 Å². The molecule has 0 aliphatic heterocycles. The number of rotatable bonds is 4. The zero-order valence-electron chi connectivity index (χ0n) is 10.3. The Labute approximate surface area is 96.8 Å². The molecule has 1 atom stereocenters. The molecule has 16 heavy (non-hydrogen) atoms. The average Bonchev–Trinajstić information content (AvgIpc) is 2.21. The molecule has 90 valence electrons. The van der Waals surface area contributed by atoms with E-state index >= 15 is 0 Å². The van der Waals surface area contributed by atoms with Gasteiger partial charge in [-0.25, -0.2) is 4.39 Å². The van der Waals surface area contributed by atoms with Crippen LogP contribution in [0, 0.1) is 18.2 Å². The number of aryl methyl sites for hydroxylation is 1. The van der Waals surface area contributed by atoms with Crippen LogP contribution in [0.5, 0.6) is 0 Å². The molecule has 2 nitrogen and oxygen atoms in total. The minimum atomic E-state index is -0.186. The second-order valence-corrected chi connectivity index (χ2v) is 5.19. The van der Waals surface area contributed by atoms with E-state index in [1.807, 2.05) is 6.07 Å². The first-order valence-electron chi connectivity index (χ1n) is 5.57. The monoisotopic (exact) mass is 224 g/mol. The van der Waals surface area contributed by atoms with Crippen molar-refractivity contribution in [1.29, 1.82) is 0 Å². The molecule has 0 aliphatic carbocycles. The van der Waals surface area contributed by atoms with Gasteiger partial charge < -0.3 is 11.5 Å². The Morgan fingerprint density at radius 1 is 1.38 bits per heavy atom. The Morgan fingerprint density at radius 2 is 2.00 bits per heavy atom. The Balaban J connectivity index is 2.81. The minimum absolute atomic E-state index is 0.0156. The highest BCUT2D eigenvalue weighted by Gasteiger charge is 2.20. The second-order valence-electron chi connectivity index (χ2n) is 5.19. The zero-order chi connectivity index (χ0) is 12.3. The fraction of sp³-hybridized carbons (Fsp3) is 0.538. The smallest absolute Gasteiger partial charge is 0.126 e. The summed E-state index contributed by atoms with van der Waals surface area (Å²) in [5.74, 6) is -0.186. The summed E-state index contributed by atoms with van der Waals surface area (Å²) in [6, 6.07) is 4.95. The predicted molar refractivity (Wildman–Crippen MR) is 65.5 cm³/mol. The summed E-state index contributed by atoms with van der Waals surface area (Å²) in [7, 11) is 0. The lowest BCUT2D eigenvalue weighted by Crippen LogP contribution is -2.28. The molecule has 0 fully saturated rings. The first kappa shape index (κ1) is 13.1. The fourth-order valence-corrected chi connectivity index (χ4v) is 1.70. The zero-order valence-corrected chi connectivity index (χ0v) is 10.3. The Kier molecular flexibility index (Phi) is 4.05. The number of hydrogen-bond acceptors (Lipinski definition) is 2. The highest BCUT2D eigenvalue weighted by molar-refractivity contribution is 5.26. The fourth-order valence-electron chi connectivity index (χ4n) is 1.70. The molecule has 1 aromatic carbocycles. The van der Waals surface area contributed by atoms with E-state index in [9.17, 15) is 4.39 Å². The van der Waals surface area contributed by atoms with Gasteiger partial charge in [0.05, 0.1) is 0 Å². The van der Waals surface area contributed by atoms with Crippen LogP contribution in [0.2, 0.25) is 0 Å². The van der Waals surface area contributed by atoms with Crippen molar-refractivity contribution in [1.82, 2.24) is 0 Å². The summed E-state index contributed by atoms with van der Waals surface area (Å²) >= 11 is 0. The van der Waals surface area contributed by atoms with E-state index in [1.165, 1.54) is 6.07 Å². The Bertz CT molecular complexity index is 361. The van der Waals surface area contributed by atoms with Crippen molar-refractivity contribution in [3.05, 3.63) is 35.1 Å². The minimum Gasteiger partial charge on any atom is -0.330 e. The third-order valence-electron chi connectivity index (χ3n) is 2.94. The quantitative estimate of drug-likeness (QED) is 0.825. The van der Waals surface area contributed by atoms with Crippen LogP contribution in [-0.4, -0.2) is 6.54 Å². The van der Waals surface area contributed by atoms with Crippen LogP contribution in [-0.2, 0) is 0 Å². The first-order valence-corrected chi connectivity index (χ1v) is 5.57. The maximum Gasteiger partial charge on any atom is 0.126 e. The van der Waals surface area contributed by atoms with E-state index in [2.05, 4.69) is 13.8 Å². The van der Waals surface area contributed by atoms with Gasteiger partial charge in [0.25, 0.3) is 0 Å². The molecule has 0 aliphatic rings. The van der Waals surface area contributed by atoms with Crippen molar-refractivity contribution in [2.75, 3.05) is 6.54 Å². The number of halogens is 1. The lowest BCUT2D eigenvalue weighted by Gasteiger charge is -2.26. The van der Waals surface area contributed by atoms with Gasteiger partial charge in [0.1, 0.15) is 5.82 Å². The van der Waals surface area contributed by atoms with Gasteiger partial charge in [0.15, 0.2) is 0 Å². The van der Waals surface area contributed by atoms with Crippen LogP contribution < -0.4 is 11.5 Å². The van der Waals surface area contributed by atoms with E-state index in [0.29, 0.717) is 12.1 Å². The van der Waals surface area contributed by atoms with Gasteiger partial charge in [-0.15, -0.1) is 0 Å². The largest absolute Gasteiger partial charge is 0.330 e. The molecule has 0 aromatic heterocycles. The van der Waals surface area contributed by atoms with Gasteiger partial charge in [0.2, 0.25) is 0 Å². The van der Waals surface area contributed by atoms with Crippen molar-refractivity contribution in [3.63, 3.8) is 0 Å². The van der Waals surface area contributed by atoms with Crippen molar-refractivity contribution >= 4 is 0 Å². The van der Waals surface area contributed by atoms with Gasteiger partial charge in [-0.3, -0.25) is 0 Å². The van der Waals surface area contributed by atoms with Crippen LogP contribution in [0.25, 0.3) is 0 Å². The molecule has 0 radical (unpaired) electrons. The highest BCUT2D eigenvalue weighted by Crippen LogP contribution is 2.28. The molecule has 0 bridgehead atoms. The van der Waals surface area contributed by atoms with E-state index in [0.717, 1.165) is 12.0 Å². The molecule has 0 saturated carbocycles. The van der Waals surface area contributed by atoms with Crippen LogP contribution in [0.4, 0.5) is 4.39 Å². The lowest BCUT2D eigenvalue weighted by molar-refractivity contribution is 0.317. The molecular formula is C13H21FN2. The lowest BCUT2D eigenvalue weighted by atomic mass is 9.84. The maximum absolute atomic E-state index is 13.1. The van der Waals surface area contributed by atoms with Crippen molar-refractivity contribution in [3.8, 4) is 0 Å². The van der Waals surface area contributed by atoms with Crippen LogP contribution in [0.1, 0.15) is 37.4 Å². The van der Waals surface area contributed by atoms with Gasteiger partial charge >= 0.3 is 0 Å². The summed E-state index contributed by atoms with van der Waals surface area (Å²) in [4.78, 5) is 0. The van der Waals surface area contributed by atoms with E-state index in [4.69, 9.17) is 11.5 Å². The summed E-state index contributed by atoms with van der Waals surface area (Å²) in [6.07, 6.45) is 0.800. The SMILES string of the molecule is Cc1cc(C(N)CC(C)(C)CN)ccc1F. The summed E-state index contributed by atoms with van der Waals surface area (Å²) in [5, 5.41) is 0. The molecule has 0 heterocycles.